The van der Waals surface area contributed by atoms with E-state index in [1.54, 1.807) is 19.1 Å². The van der Waals surface area contributed by atoms with Crippen LogP contribution in [0.4, 0.5) is 0 Å². The molecule has 1 saturated heterocycles. The first-order valence-electron chi connectivity index (χ1n) is 11.4. The van der Waals surface area contributed by atoms with Crippen LogP contribution in [0.5, 0.6) is 5.75 Å². The third-order valence-electron chi connectivity index (χ3n) is 5.98. The molecule has 1 aromatic rings. The van der Waals surface area contributed by atoms with Crippen LogP contribution in [0.3, 0.4) is 0 Å². The predicted molar refractivity (Wildman–Crippen MR) is 123 cm³/mol. The first-order chi connectivity index (χ1) is 16.2. The number of aliphatic carboxylic acids is 1. The van der Waals surface area contributed by atoms with Crippen molar-refractivity contribution in [1.29, 1.82) is 0 Å². The van der Waals surface area contributed by atoms with Crippen molar-refractivity contribution in [3.63, 3.8) is 0 Å². The van der Waals surface area contributed by atoms with Gasteiger partial charge in [0.15, 0.2) is 0 Å². The van der Waals surface area contributed by atoms with Gasteiger partial charge in [-0.05, 0) is 43.0 Å². The fourth-order valence-corrected chi connectivity index (χ4v) is 3.66. The lowest BCUT2D eigenvalue weighted by atomic mass is 9.97. The van der Waals surface area contributed by atoms with E-state index in [1.807, 2.05) is 6.92 Å². The highest BCUT2D eigenvalue weighted by Gasteiger charge is 2.33. The number of aromatic hydroxyl groups is 1. The summed E-state index contributed by atoms with van der Waals surface area (Å²) in [6.45, 7) is 3.59. The summed E-state index contributed by atoms with van der Waals surface area (Å²) in [5, 5.41) is 39.2. The Hall–Kier alpha value is -3.18. The standard InChI is InChI=1S/C23H34N4O7/c1-3-13(2)19(27-21(31)18(12-28)26-20(30)16-5-4-10-24-16)22(32)25-17(23(33)34)11-14-6-8-15(29)9-7-14/h6-9,13,16-19,24,28-29H,3-5,10-12H2,1-2H3,(H,25,32)(H,26,30)(H,27,31)(H,33,34). The van der Waals surface area contributed by atoms with Crippen LogP contribution in [-0.4, -0.2) is 76.3 Å². The number of carbonyl (C=O) groups excluding carboxylic acids is 3. The van der Waals surface area contributed by atoms with Gasteiger partial charge in [0.2, 0.25) is 17.7 Å². The summed E-state index contributed by atoms with van der Waals surface area (Å²) in [6.07, 6.45) is 1.95. The first-order valence-corrected chi connectivity index (χ1v) is 11.4. The van der Waals surface area contributed by atoms with Crippen LogP contribution in [0, 0.1) is 5.92 Å². The quantitative estimate of drug-likeness (QED) is 0.205. The third kappa shape index (κ3) is 7.70. The number of aliphatic hydroxyl groups is 1. The molecule has 188 valence electrons. The summed E-state index contributed by atoms with van der Waals surface area (Å²) in [5.74, 6) is -3.39. The van der Waals surface area contributed by atoms with Gasteiger partial charge in [-0.3, -0.25) is 14.4 Å². The monoisotopic (exact) mass is 478 g/mol. The normalized spacial score (nSPS) is 18.9. The molecule has 3 amide bonds. The van der Waals surface area contributed by atoms with Gasteiger partial charge in [-0.1, -0.05) is 32.4 Å². The number of phenolic OH excluding ortho intramolecular Hbond substituents is 1. The number of carbonyl (C=O) groups is 4. The molecule has 2 rings (SSSR count). The van der Waals surface area contributed by atoms with Gasteiger partial charge in [-0.15, -0.1) is 0 Å². The molecule has 34 heavy (non-hydrogen) atoms. The molecule has 0 spiro atoms. The highest BCUT2D eigenvalue weighted by molar-refractivity contribution is 5.94. The second-order valence-corrected chi connectivity index (χ2v) is 8.53. The number of phenols is 1. The van der Waals surface area contributed by atoms with Gasteiger partial charge in [-0.25, -0.2) is 4.79 Å². The minimum atomic E-state index is -1.26. The van der Waals surface area contributed by atoms with Crippen molar-refractivity contribution in [3.8, 4) is 5.75 Å². The van der Waals surface area contributed by atoms with E-state index in [0.29, 0.717) is 24.9 Å². The van der Waals surface area contributed by atoms with Crippen molar-refractivity contribution in [3.05, 3.63) is 29.8 Å². The molecule has 1 aliphatic rings. The molecule has 11 heteroatoms. The van der Waals surface area contributed by atoms with E-state index >= 15 is 0 Å². The van der Waals surface area contributed by atoms with Crippen LogP contribution in [0.15, 0.2) is 24.3 Å². The van der Waals surface area contributed by atoms with E-state index in [0.717, 1.165) is 6.42 Å². The van der Waals surface area contributed by atoms with Crippen molar-refractivity contribution in [2.24, 2.45) is 5.92 Å². The Balaban J connectivity index is 2.07. The molecule has 0 aliphatic carbocycles. The van der Waals surface area contributed by atoms with E-state index in [4.69, 9.17) is 0 Å². The Morgan fingerprint density at radius 2 is 1.74 bits per heavy atom. The zero-order valence-corrected chi connectivity index (χ0v) is 19.4. The lowest BCUT2D eigenvalue weighted by Crippen LogP contribution is -2.59. The number of aliphatic hydroxyl groups excluding tert-OH is 1. The Morgan fingerprint density at radius 3 is 2.26 bits per heavy atom. The zero-order valence-electron chi connectivity index (χ0n) is 19.4. The number of benzene rings is 1. The zero-order chi connectivity index (χ0) is 25.3. The maximum atomic E-state index is 13.0. The predicted octanol–water partition coefficient (Wildman–Crippen LogP) is -0.736. The molecule has 0 aromatic heterocycles. The second kappa shape index (κ2) is 12.9. The molecule has 0 bridgehead atoms. The van der Waals surface area contributed by atoms with Gasteiger partial charge >= 0.3 is 5.97 Å². The second-order valence-electron chi connectivity index (χ2n) is 8.53. The van der Waals surface area contributed by atoms with Gasteiger partial charge in [0, 0.05) is 6.42 Å². The van der Waals surface area contributed by atoms with Crippen LogP contribution < -0.4 is 21.3 Å². The lowest BCUT2D eigenvalue weighted by molar-refractivity contribution is -0.142. The molecule has 1 heterocycles. The molecule has 1 aromatic carbocycles. The summed E-state index contributed by atoms with van der Waals surface area (Å²) in [7, 11) is 0. The van der Waals surface area contributed by atoms with E-state index < -0.39 is 54.5 Å². The van der Waals surface area contributed by atoms with Crippen LogP contribution >= 0.6 is 0 Å². The molecule has 1 fully saturated rings. The van der Waals surface area contributed by atoms with Crippen molar-refractivity contribution >= 4 is 23.7 Å². The van der Waals surface area contributed by atoms with Crippen molar-refractivity contribution in [2.75, 3.05) is 13.2 Å². The molecular weight excluding hydrogens is 444 g/mol. The number of hydrogen-bond donors (Lipinski definition) is 7. The van der Waals surface area contributed by atoms with E-state index in [1.165, 1.54) is 12.1 Å². The number of amides is 3. The largest absolute Gasteiger partial charge is 0.508 e. The Kier molecular flexibility index (Phi) is 10.3. The third-order valence-corrected chi connectivity index (χ3v) is 5.98. The summed E-state index contributed by atoms with van der Waals surface area (Å²) < 4.78 is 0. The summed E-state index contributed by atoms with van der Waals surface area (Å²) in [6, 6.07) is 1.93. The Morgan fingerprint density at radius 1 is 1.06 bits per heavy atom. The smallest absolute Gasteiger partial charge is 0.326 e. The molecule has 1 aliphatic heterocycles. The SMILES string of the molecule is CCC(C)C(NC(=O)C(CO)NC(=O)C1CCCN1)C(=O)NC(Cc1ccc(O)cc1)C(=O)O. The van der Waals surface area contributed by atoms with Crippen molar-refractivity contribution < 1.29 is 34.5 Å². The molecule has 5 unspecified atom stereocenters. The molecular formula is C23H34N4O7. The maximum Gasteiger partial charge on any atom is 0.326 e. The van der Waals surface area contributed by atoms with Crippen molar-refractivity contribution in [1.82, 2.24) is 21.3 Å². The molecule has 7 N–H and O–H groups in total. The fourth-order valence-electron chi connectivity index (χ4n) is 3.66. The molecule has 0 radical (unpaired) electrons. The van der Waals surface area contributed by atoms with E-state index in [-0.39, 0.29) is 18.1 Å². The van der Waals surface area contributed by atoms with E-state index in [2.05, 4.69) is 21.3 Å². The van der Waals surface area contributed by atoms with E-state index in [9.17, 15) is 34.5 Å². The first kappa shape index (κ1) is 27.1. The number of carboxylic acid groups (broad SMARTS) is 1. The fraction of sp³-hybridized carbons (Fsp3) is 0.565. The average Bonchev–Trinajstić information content (AvgIpc) is 3.36. The minimum absolute atomic E-state index is 0.0216. The molecule has 0 saturated carbocycles. The van der Waals surface area contributed by atoms with Crippen LogP contribution in [0.2, 0.25) is 0 Å². The maximum absolute atomic E-state index is 13.0. The van der Waals surface area contributed by atoms with Crippen LogP contribution in [0.25, 0.3) is 0 Å². The summed E-state index contributed by atoms with van der Waals surface area (Å²) in [4.78, 5) is 49.8. The van der Waals surface area contributed by atoms with Gasteiger partial charge in [0.25, 0.3) is 0 Å². The summed E-state index contributed by atoms with van der Waals surface area (Å²) in [5.41, 5.74) is 0.596. The van der Waals surface area contributed by atoms with Crippen LogP contribution in [-0.2, 0) is 25.6 Å². The van der Waals surface area contributed by atoms with Gasteiger partial charge in [0.1, 0.15) is 23.9 Å². The minimum Gasteiger partial charge on any atom is -0.508 e. The highest BCUT2D eigenvalue weighted by Crippen LogP contribution is 2.13. The number of hydrogen-bond acceptors (Lipinski definition) is 7. The topological polar surface area (TPSA) is 177 Å². The number of carboxylic acids is 1. The summed E-state index contributed by atoms with van der Waals surface area (Å²) >= 11 is 0. The van der Waals surface area contributed by atoms with Gasteiger partial charge in [0.05, 0.1) is 12.6 Å². The van der Waals surface area contributed by atoms with Gasteiger partial charge < -0.3 is 36.6 Å². The number of rotatable bonds is 12. The van der Waals surface area contributed by atoms with Crippen molar-refractivity contribution in [2.45, 2.75) is 63.7 Å². The Bertz CT molecular complexity index is 855. The van der Waals surface area contributed by atoms with Gasteiger partial charge in [-0.2, -0.15) is 0 Å². The molecule has 5 atom stereocenters. The van der Waals surface area contributed by atoms with Crippen LogP contribution in [0.1, 0.15) is 38.7 Å². The highest BCUT2D eigenvalue weighted by atomic mass is 16.4. The Labute approximate surface area is 198 Å². The number of nitrogens with one attached hydrogen (secondary N) is 4. The molecule has 11 nitrogen and oxygen atoms in total. The lowest BCUT2D eigenvalue weighted by Gasteiger charge is -2.27. The average molecular weight is 479 g/mol.